The van der Waals surface area contributed by atoms with E-state index >= 15 is 0 Å². The van der Waals surface area contributed by atoms with E-state index in [2.05, 4.69) is 0 Å². The number of hydrogen-bond acceptors (Lipinski definition) is 4. The third-order valence-electron chi connectivity index (χ3n) is 3.57. The van der Waals surface area contributed by atoms with E-state index in [0.29, 0.717) is 11.1 Å². The van der Waals surface area contributed by atoms with Crippen molar-refractivity contribution in [2.24, 2.45) is 0 Å². The minimum Gasteiger partial charge on any atom is -0.421 e. The molecule has 4 nitrogen and oxygen atoms in total. The van der Waals surface area contributed by atoms with Gasteiger partial charge >= 0.3 is 11.9 Å². The van der Waals surface area contributed by atoms with E-state index in [-0.39, 0.29) is 22.7 Å². The number of benzene rings is 2. The van der Waals surface area contributed by atoms with Crippen LogP contribution in [0.3, 0.4) is 0 Å². The molecule has 2 heterocycles. The fourth-order valence-corrected chi connectivity index (χ4v) is 2.59. The molecule has 106 valence electrons. The summed E-state index contributed by atoms with van der Waals surface area (Å²) in [6.45, 7) is 0. The Kier molecular flexibility index (Phi) is 2.69. The van der Waals surface area contributed by atoms with Crippen molar-refractivity contribution in [3.63, 3.8) is 0 Å². The van der Waals surface area contributed by atoms with E-state index in [0.717, 1.165) is 0 Å². The van der Waals surface area contributed by atoms with Gasteiger partial charge in [-0.25, -0.2) is 9.59 Å². The van der Waals surface area contributed by atoms with Crippen LogP contribution in [0.5, 0.6) is 0 Å². The molecule has 0 aliphatic carbocycles. The van der Waals surface area contributed by atoms with Crippen molar-refractivity contribution in [2.45, 2.75) is 0 Å². The summed E-state index contributed by atoms with van der Waals surface area (Å²) in [5.41, 5.74) is 1.75. The fourth-order valence-electron chi connectivity index (χ4n) is 2.59. The van der Waals surface area contributed by atoms with Gasteiger partial charge in [0.05, 0.1) is 0 Å². The van der Waals surface area contributed by atoms with Gasteiger partial charge in [-0.2, -0.15) is 0 Å². The standard InChI is InChI=1S/C18H10O4/c19-17-13-14(16(22-17)12-9-5-2-6-10-12)18(20)21-15(13)11-7-3-1-4-8-11/h1-10H. The fraction of sp³-hybridized carbons (Fsp3) is 0. The Labute approximate surface area is 126 Å². The normalized spacial score (nSPS) is 16.7. The van der Waals surface area contributed by atoms with Crippen LogP contribution in [0.4, 0.5) is 0 Å². The van der Waals surface area contributed by atoms with Crippen molar-refractivity contribution in [3.05, 3.63) is 82.9 Å². The monoisotopic (exact) mass is 290 g/mol. The molecule has 0 N–H and O–H groups in total. The smallest absolute Gasteiger partial charge is 0.348 e. The number of cyclic esters (lactones) is 2. The Morgan fingerprint density at radius 3 is 1.27 bits per heavy atom. The predicted molar refractivity (Wildman–Crippen MR) is 78.9 cm³/mol. The first-order chi connectivity index (χ1) is 10.8. The van der Waals surface area contributed by atoms with Gasteiger partial charge < -0.3 is 9.47 Å². The molecule has 0 aromatic heterocycles. The van der Waals surface area contributed by atoms with Crippen molar-refractivity contribution in [1.82, 2.24) is 0 Å². The number of carbonyl (C=O) groups excluding carboxylic acids is 2. The number of esters is 2. The zero-order chi connectivity index (χ0) is 15.1. The molecule has 4 heteroatoms. The molecule has 0 amide bonds. The van der Waals surface area contributed by atoms with E-state index < -0.39 is 11.9 Å². The van der Waals surface area contributed by atoms with E-state index in [9.17, 15) is 9.59 Å². The van der Waals surface area contributed by atoms with Crippen LogP contribution in [0, 0.1) is 0 Å². The van der Waals surface area contributed by atoms with Crippen LogP contribution in [0.1, 0.15) is 11.1 Å². The summed E-state index contributed by atoms with van der Waals surface area (Å²) in [5.74, 6) is -0.592. The van der Waals surface area contributed by atoms with Gasteiger partial charge in [-0.15, -0.1) is 0 Å². The molecule has 0 unspecified atom stereocenters. The molecule has 0 bridgehead atoms. The maximum Gasteiger partial charge on any atom is 0.348 e. The lowest BCUT2D eigenvalue weighted by Gasteiger charge is -2.05. The number of fused-ring (bicyclic) bond motifs is 1. The van der Waals surface area contributed by atoms with Crippen LogP contribution in [-0.4, -0.2) is 11.9 Å². The average molecular weight is 290 g/mol. The van der Waals surface area contributed by atoms with Gasteiger partial charge in [0.25, 0.3) is 0 Å². The minimum absolute atomic E-state index is 0.204. The van der Waals surface area contributed by atoms with Crippen LogP contribution in [0.2, 0.25) is 0 Å². The van der Waals surface area contributed by atoms with Crippen LogP contribution in [-0.2, 0) is 19.1 Å². The van der Waals surface area contributed by atoms with Gasteiger partial charge in [0.15, 0.2) is 11.5 Å². The van der Waals surface area contributed by atoms with Gasteiger partial charge in [0.2, 0.25) is 0 Å². The molecular weight excluding hydrogens is 280 g/mol. The summed E-state index contributed by atoms with van der Waals surface area (Å²) < 4.78 is 10.6. The largest absolute Gasteiger partial charge is 0.421 e. The highest BCUT2D eigenvalue weighted by atomic mass is 16.6. The molecule has 0 radical (unpaired) electrons. The number of carbonyl (C=O) groups is 2. The minimum atomic E-state index is -0.557. The topological polar surface area (TPSA) is 52.6 Å². The van der Waals surface area contributed by atoms with Gasteiger partial charge in [-0.05, 0) is 0 Å². The molecule has 0 saturated heterocycles. The van der Waals surface area contributed by atoms with E-state index in [4.69, 9.17) is 9.47 Å². The quantitative estimate of drug-likeness (QED) is 0.798. The third-order valence-corrected chi connectivity index (χ3v) is 3.57. The molecule has 0 atom stereocenters. The second-order valence-electron chi connectivity index (χ2n) is 4.92. The van der Waals surface area contributed by atoms with Crippen LogP contribution < -0.4 is 0 Å². The van der Waals surface area contributed by atoms with Crippen molar-refractivity contribution in [3.8, 4) is 0 Å². The Hall–Kier alpha value is -3.14. The van der Waals surface area contributed by atoms with E-state index in [1.54, 1.807) is 24.3 Å². The summed E-state index contributed by atoms with van der Waals surface area (Å²) in [5, 5.41) is 0. The number of ether oxygens (including phenoxy) is 2. The van der Waals surface area contributed by atoms with Crippen LogP contribution in [0.15, 0.2) is 71.8 Å². The summed E-state index contributed by atoms with van der Waals surface area (Å²) in [6.07, 6.45) is 0. The zero-order valence-corrected chi connectivity index (χ0v) is 11.4. The Morgan fingerprint density at radius 1 is 0.545 bits per heavy atom. The molecule has 0 saturated carbocycles. The molecule has 22 heavy (non-hydrogen) atoms. The number of hydrogen-bond donors (Lipinski definition) is 0. The summed E-state index contributed by atoms with van der Waals surface area (Å²) in [6, 6.07) is 18.1. The molecule has 2 aromatic rings. The van der Waals surface area contributed by atoms with E-state index in [1.165, 1.54) is 0 Å². The lowest BCUT2D eigenvalue weighted by atomic mass is 10.0. The highest BCUT2D eigenvalue weighted by Gasteiger charge is 2.45. The summed E-state index contributed by atoms with van der Waals surface area (Å²) in [7, 11) is 0. The Morgan fingerprint density at radius 2 is 0.909 bits per heavy atom. The average Bonchev–Trinajstić information content (AvgIpc) is 3.09. The summed E-state index contributed by atoms with van der Waals surface area (Å²) in [4.78, 5) is 24.4. The molecule has 2 aliphatic rings. The lowest BCUT2D eigenvalue weighted by Crippen LogP contribution is -2.01. The van der Waals surface area contributed by atoms with E-state index in [1.807, 2.05) is 36.4 Å². The highest BCUT2D eigenvalue weighted by Crippen LogP contribution is 2.43. The van der Waals surface area contributed by atoms with Crippen molar-refractivity contribution < 1.29 is 19.1 Å². The zero-order valence-electron chi connectivity index (χ0n) is 11.4. The second-order valence-corrected chi connectivity index (χ2v) is 4.92. The van der Waals surface area contributed by atoms with Crippen molar-refractivity contribution in [2.75, 3.05) is 0 Å². The van der Waals surface area contributed by atoms with Crippen LogP contribution >= 0.6 is 0 Å². The second kappa shape index (κ2) is 4.70. The molecule has 2 aliphatic heterocycles. The molecule has 4 rings (SSSR count). The first-order valence-electron chi connectivity index (χ1n) is 6.80. The van der Waals surface area contributed by atoms with Gasteiger partial charge in [-0.1, -0.05) is 60.7 Å². The maximum absolute atomic E-state index is 12.2. The SMILES string of the molecule is O=C1OC(c2ccccc2)=C2C(=O)OC(c3ccccc3)=C12. The van der Waals surface area contributed by atoms with Gasteiger partial charge in [0, 0.05) is 11.1 Å². The Balaban J connectivity index is 1.93. The highest BCUT2D eigenvalue weighted by molar-refractivity contribution is 6.24. The van der Waals surface area contributed by atoms with Crippen molar-refractivity contribution in [1.29, 1.82) is 0 Å². The number of rotatable bonds is 2. The molecular formula is C18H10O4. The maximum atomic E-state index is 12.2. The van der Waals surface area contributed by atoms with Crippen LogP contribution in [0.25, 0.3) is 11.5 Å². The molecule has 2 aromatic carbocycles. The first kappa shape index (κ1) is 12.6. The first-order valence-corrected chi connectivity index (χ1v) is 6.80. The molecule has 0 spiro atoms. The lowest BCUT2D eigenvalue weighted by molar-refractivity contribution is -0.131. The van der Waals surface area contributed by atoms with Gasteiger partial charge in [-0.3, -0.25) is 0 Å². The third kappa shape index (κ3) is 1.78. The summed E-state index contributed by atoms with van der Waals surface area (Å²) >= 11 is 0. The molecule has 0 fully saturated rings. The Bertz CT molecular complexity index is 772. The van der Waals surface area contributed by atoms with Gasteiger partial charge in [0.1, 0.15) is 11.1 Å². The predicted octanol–water partition coefficient (Wildman–Crippen LogP) is 2.92. The van der Waals surface area contributed by atoms with Crippen molar-refractivity contribution >= 4 is 23.5 Å².